The van der Waals surface area contributed by atoms with E-state index < -0.39 is 42.1 Å². The zero-order chi connectivity index (χ0) is 14.6. The standard InChI is InChI=1S/C11H15NO7/c1-5(13)17-8-4-12-11(16)10(19-7(3)15)9(8)18-6(2)14/h8-10H,4H2,1-3H3,(H,12,16)/t8-,9-,10+/m1/s1. The van der Waals surface area contributed by atoms with Crippen molar-refractivity contribution in [2.24, 2.45) is 0 Å². The minimum atomic E-state index is -1.33. The molecule has 0 aromatic heterocycles. The summed E-state index contributed by atoms with van der Waals surface area (Å²) in [5.41, 5.74) is 0. The first-order chi connectivity index (χ1) is 8.81. The van der Waals surface area contributed by atoms with Crippen LogP contribution in [0.3, 0.4) is 0 Å². The smallest absolute Gasteiger partial charge is 0.303 e. The van der Waals surface area contributed by atoms with Gasteiger partial charge in [0.25, 0.3) is 5.91 Å². The van der Waals surface area contributed by atoms with Crippen molar-refractivity contribution < 1.29 is 33.4 Å². The maximum absolute atomic E-state index is 11.6. The van der Waals surface area contributed by atoms with E-state index in [0.717, 1.165) is 13.8 Å². The molecule has 0 spiro atoms. The number of piperidine rings is 1. The van der Waals surface area contributed by atoms with Gasteiger partial charge in [0.2, 0.25) is 6.10 Å². The molecule has 19 heavy (non-hydrogen) atoms. The van der Waals surface area contributed by atoms with Gasteiger partial charge in [-0.15, -0.1) is 0 Å². The Morgan fingerprint density at radius 3 is 2.00 bits per heavy atom. The highest BCUT2D eigenvalue weighted by Gasteiger charge is 2.45. The summed E-state index contributed by atoms with van der Waals surface area (Å²) in [6.07, 6.45) is -3.39. The van der Waals surface area contributed by atoms with Crippen LogP contribution in [0.15, 0.2) is 0 Å². The van der Waals surface area contributed by atoms with Crippen molar-refractivity contribution >= 4 is 23.8 Å². The van der Waals surface area contributed by atoms with Gasteiger partial charge in [0, 0.05) is 20.8 Å². The number of amides is 1. The number of rotatable bonds is 3. The van der Waals surface area contributed by atoms with E-state index in [2.05, 4.69) is 5.32 Å². The van der Waals surface area contributed by atoms with Crippen LogP contribution in [0.1, 0.15) is 20.8 Å². The number of hydrogen-bond donors (Lipinski definition) is 1. The zero-order valence-corrected chi connectivity index (χ0v) is 10.8. The number of hydrogen-bond acceptors (Lipinski definition) is 7. The summed E-state index contributed by atoms with van der Waals surface area (Å²) >= 11 is 0. The van der Waals surface area contributed by atoms with E-state index in [1.165, 1.54) is 6.92 Å². The first-order valence-corrected chi connectivity index (χ1v) is 5.60. The topological polar surface area (TPSA) is 108 Å². The molecule has 3 atom stereocenters. The van der Waals surface area contributed by atoms with Crippen LogP contribution in [-0.2, 0) is 33.4 Å². The van der Waals surface area contributed by atoms with Crippen molar-refractivity contribution in [3.05, 3.63) is 0 Å². The lowest BCUT2D eigenvalue weighted by Gasteiger charge is -2.35. The van der Waals surface area contributed by atoms with Gasteiger partial charge in [-0.3, -0.25) is 19.2 Å². The van der Waals surface area contributed by atoms with E-state index >= 15 is 0 Å². The van der Waals surface area contributed by atoms with Gasteiger partial charge in [-0.25, -0.2) is 0 Å². The third-order valence-electron chi connectivity index (χ3n) is 2.31. The second kappa shape index (κ2) is 6.17. The van der Waals surface area contributed by atoms with Gasteiger partial charge in [0.05, 0.1) is 6.54 Å². The average molecular weight is 273 g/mol. The molecule has 0 aromatic rings. The molecule has 1 saturated heterocycles. The van der Waals surface area contributed by atoms with Crippen LogP contribution in [0.25, 0.3) is 0 Å². The van der Waals surface area contributed by atoms with E-state index in [1.54, 1.807) is 0 Å². The molecule has 106 valence electrons. The first-order valence-electron chi connectivity index (χ1n) is 5.60. The second-order valence-electron chi connectivity index (χ2n) is 4.00. The van der Waals surface area contributed by atoms with E-state index in [-0.39, 0.29) is 6.54 Å². The third kappa shape index (κ3) is 4.23. The monoisotopic (exact) mass is 273 g/mol. The quantitative estimate of drug-likeness (QED) is 0.514. The van der Waals surface area contributed by atoms with Crippen molar-refractivity contribution in [1.29, 1.82) is 0 Å². The molecule has 1 heterocycles. The number of carbonyl (C=O) groups is 4. The molecule has 0 aliphatic carbocycles. The Labute approximate surface area is 109 Å². The molecule has 1 amide bonds. The van der Waals surface area contributed by atoms with E-state index in [1.807, 2.05) is 0 Å². The fourth-order valence-electron chi connectivity index (χ4n) is 1.71. The second-order valence-corrected chi connectivity index (χ2v) is 4.00. The van der Waals surface area contributed by atoms with E-state index in [9.17, 15) is 19.2 Å². The fraction of sp³-hybridized carbons (Fsp3) is 0.636. The number of esters is 3. The van der Waals surface area contributed by atoms with Crippen molar-refractivity contribution in [3.8, 4) is 0 Å². The lowest BCUT2D eigenvalue weighted by Crippen LogP contribution is -2.60. The summed E-state index contributed by atoms with van der Waals surface area (Å²) < 4.78 is 14.7. The highest BCUT2D eigenvalue weighted by atomic mass is 16.6. The summed E-state index contributed by atoms with van der Waals surface area (Å²) in [5.74, 6) is -2.58. The van der Waals surface area contributed by atoms with E-state index in [4.69, 9.17) is 14.2 Å². The van der Waals surface area contributed by atoms with Crippen molar-refractivity contribution in [1.82, 2.24) is 5.32 Å². The van der Waals surface area contributed by atoms with E-state index in [0.29, 0.717) is 0 Å². The summed E-state index contributed by atoms with van der Waals surface area (Å²) in [4.78, 5) is 44.6. The van der Waals surface area contributed by atoms with Gasteiger partial charge >= 0.3 is 17.9 Å². The molecule has 8 nitrogen and oxygen atoms in total. The Balaban J connectivity index is 2.93. The molecule has 1 rings (SSSR count). The Morgan fingerprint density at radius 2 is 1.53 bits per heavy atom. The van der Waals surface area contributed by atoms with Crippen LogP contribution in [0.5, 0.6) is 0 Å². The molecule has 0 aromatic carbocycles. The maximum atomic E-state index is 11.6. The van der Waals surface area contributed by atoms with Crippen molar-refractivity contribution in [2.45, 2.75) is 39.1 Å². The molecular weight excluding hydrogens is 258 g/mol. The van der Waals surface area contributed by atoms with Crippen LogP contribution >= 0.6 is 0 Å². The van der Waals surface area contributed by atoms with Gasteiger partial charge in [-0.2, -0.15) is 0 Å². The molecule has 1 aliphatic heterocycles. The fourth-order valence-corrected chi connectivity index (χ4v) is 1.71. The van der Waals surface area contributed by atoms with Gasteiger partial charge in [0.1, 0.15) is 0 Å². The third-order valence-corrected chi connectivity index (χ3v) is 2.31. The predicted molar refractivity (Wildman–Crippen MR) is 59.7 cm³/mol. The summed E-state index contributed by atoms with van der Waals surface area (Å²) in [7, 11) is 0. The maximum Gasteiger partial charge on any atom is 0.303 e. The highest BCUT2D eigenvalue weighted by Crippen LogP contribution is 2.17. The SMILES string of the molecule is CC(=O)O[C@H]1[C@H](OC(C)=O)C(=O)NC[C@H]1OC(C)=O. The molecule has 1 N–H and O–H groups in total. The Kier molecular flexibility index (Phi) is 4.85. The van der Waals surface area contributed by atoms with Crippen LogP contribution in [0.4, 0.5) is 0 Å². The molecule has 1 fully saturated rings. The Hall–Kier alpha value is -2.12. The molecule has 0 unspecified atom stereocenters. The lowest BCUT2D eigenvalue weighted by molar-refractivity contribution is -0.190. The normalized spacial score (nSPS) is 26.1. The van der Waals surface area contributed by atoms with Crippen molar-refractivity contribution in [2.75, 3.05) is 6.54 Å². The minimum absolute atomic E-state index is 0.0197. The minimum Gasteiger partial charge on any atom is -0.457 e. The number of carbonyl (C=O) groups excluding carboxylic acids is 4. The molecule has 0 saturated carbocycles. The van der Waals surface area contributed by atoms with Gasteiger partial charge < -0.3 is 19.5 Å². The summed E-state index contributed by atoms with van der Waals surface area (Å²) in [6, 6.07) is 0. The van der Waals surface area contributed by atoms with Crippen LogP contribution < -0.4 is 5.32 Å². The molecule has 0 radical (unpaired) electrons. The van der Waals surface area contributed by atoms with Crippen LogP contribution in [-0.4, -0.2) is 48.7 Å². The molecule has 0 bridgehead atoms. The highest BCUT2D eigenvalue weighted by molar-refractivity contribution is 5.85. The molecule has 8 heteroatoms. The Morgan fingerprint density at radius 1 is 1.00 bits per heavy atom. The number of nitrogens with one attached hydrogen (secondary N) is 1. The van der Waals surface area contributed by atoms with Crippen LogP contribution in [0, 0.1) is 0 Å². The molecular formula is C11H15NO7. The largest absolute Gasteiger partial charge is 0.457 e. The summed E-state index contributed by atoms with van der Waals surface area (Å²) in [6.45, 7) is 3.42. The first kappa shape index (κ1) is 14.9. The van der Waals surface area contributed by atoms with Gasteiger partial charge in [0.15, 0.2) is 12.2 Å². The van der Waals surface area contributed by atoms with Gasteiger partial charge in [-0.1, -0.05) is 0 Å². The predicted octanol–water partition coefficient (Wildman–Crippen LogP) is -1.09. The summed E-state index contributed by atoms with van der Waals surface area (Å²) in [5, 5.41) is 2.41. The zero-order valence-electron chi connectivity index (χ0n) is 10.8. The average Bonchev–Trinajstić information content (AvgIpc) is 2.25. The number of ether oxygens (including phenoxy) is 3. The Bertz CT molecular complexity index is 406. The van der Waals surface area contributed by atoms with Gasteiger partial charge in [-0.05, 0) is 0 Å². The van der Waals surface area contributed by atoms with Crippen LogP contribution in [0.2, 0.25) is 0 Å². The van der Waals surface area contributed by atoms with Crippen molar-refractivity contribution in [3.63, 3.8) is 0 Å². The lowest BCUT2D eigenvalue weighted by atomic mass is 10.0. The molecule has 1 aliphatic rings.